The first-order chi connectivity index (χ1) is 18.7. The highest BCUT2D eigenvalue weighted by Crippen LogP contribution is 2.36. The first-order valence-electron chi connectivity index (χ1n) is 11.9. The van der Waals surface area contributed by atoms with E-state index in [1.165, 1.54) is 17.2 Å². The van der Waals surface area contributed by atoms with Crippen molar-refractivity contribution < 1.29 is 32.2 Å². The number of carbonyl (C=O) groups is 2. The van der Waals surface area contributed by atoms with E-state index in [0.29, 0.717) is 49.3 Å². The van der Waals surface area contributed by atoms with Gasteiger partial charge in [0, 0.05) is 49.8 Å². The predicted octanol–water partition coefficient (Wildman–Crippen LogP) is 5.49. The second-order valence-electron chi connectivity index (χ2n) is 8.50. The number of anilines is 3. The van der Waals surface area contributed by atoms with Gasteiger partial charge in [-0.25, -0.2) is 9.78 Å². The summed E-state index contributed by atoms with van der Waals surface area (Å²) in [6, 6.07) is 12.0. The van der Waals surface area contributed by atoms with Gasteiger partial charge >= 0.3 is 12.2 Å². The SMILES string of the molecule is O=CN(CCN1CCOCC1)c1cc(Oc2ccc(NC(=O)Nc3ccc(Cl)c(C(F)(F)F)c3)cc2)ccn1. The van der Waals surface area contributed by atoms with E-state index in [1.807, 2.05) is 0 Å². The summed E-state index contributed by atoms with van der Waals surface area (Å²) in [5, 5.41) is 4.43. The van der Waals surface area contributed by atoms with Gasteiger partial charge in [-0.1, -0.05) is 11.6 Å². The van der Waals surface area contributed by atoms with Gasteiger partial charge in [-0.15, -0.1) is 0 Å². The fourth-order valence-electron chi connectivity index (χ4n) is 3.77. The third-order valence-corrected chi connectivity index (χ3v) is 6.11. The molecule has 2 heterocycles. The van der Waals surface area contributed by atoms with Crippen LogP contribution in [0.5, 0.6) is 11.5 Å². The molecule has 1 fully saturated rings. The Morgan fingerprint density at radius 2 is 1.74 bits per heavy atom. The summed E-state index contributed by atoms with van der Waals surface area (Å²) in [5.41, 5.74) is -0.724. The van der Waals surface area contributed by atoms with E-state index < -0.39 is 22.8 Å². The molecular formula is C26H25ClF3N5O4. The highest BCUT2D eigenvalue weighted by atomic mass is 35.5. The van der Waals surface area contributed by atoms with Crippen LogP contribution in [0.4, 0.5) is 35.2 Å². The molecule has 0 radical (unpaired) electrons. The number of pyridine rings is 1. The van der Waals surface area contributed by atoms with Gasteiger partial charge in [-0.05, 0) is 48.5 Å². The quantitative estimate of drug-likeness (QED) is 0.335. The molecule has 1 aliphatic heterocycles. The Labute approximate surface area is 227 Å². The van der Waals surface area contributed by atoms with Crippen molar-refractivity contribution in [2.45, 2.75) is 6.18 Å². The van der Waals surface area contributed by atoms with Crippen LogP contribution in [0.25, 0.3) is 0 Å². The van der Waals surface area contributed by atoms with Crippen molar-refractivity contribution >= 4 is 41.2 Å². The number of hydrogen-bond acceptors (Lipinski definition) is 6. The number of alkyl halides is 3. The predicted molar refractivity (Wildman–Crippen MR) is 141 cm³/mol. The summed E-state index contributed by atoms with van der Waals surface area (Å²) in [7, 11) is 0. The minimum atomic E-state index is -4.65. The number of carbonyl (C=O) groups excluding carboxylic acids is 2. The Hall–Kier alpha value is -3.87. The number of nitrogens with one attached hydrogen (secondary N) is 2. The Morgan fingerprint density at radius 1 is 1.05 bits per heavy atom. The molecule has 3 amide bonds. The molecule has 4 rings (SSSR count). The summed E-state index contributed by atoms with van der Waals surface area (Å²) in [6.45, 7) is 4.14. The number of nitrogens with zero attached hydrogens (tertiary/aromatic N) is 3. The third kappa shape index (κ3) is 8.06. The maximum Gasteiger partial charge on any atom is 0.417 e. The van der Waals surface area contributed by atoms with E-state index >= 15 is 0 Å². The molecule has 0 unspecified atom stereocenters. The van der Waals surface area contributed by atoms with Gasteiger partial charge in [0.05, 0.1) is 23.8 Å². The van der Waals surface area contributed by atoms with Gasteiger partial charge in [0.2, 0.25) is 6.41 Å². The molecule has 0 saturated carbocycles. The normalized spacial score (nSPS) is 13.9. The number of hydrogen-bond donors (Lipinski definition) is 2. The summed E-state index contributed by atoms with van der Waals surface area (Å²) in [4.78, 5) is 31.9. The summed E-state index contributed by atoms with van der Waals surface area (Å²) >= 11 is 5.61. The average Bonchev–Trinajstić information content (AvgIpc) is 2.91. The maximum atomic E-state index is 13.0. The van der Waals surface area contributed by atoms with Crippen LogP contribution >= 0.6 is 11.6 Å². The lowest BCUT2D eigenvalue weighted by atomic mass is 10.2. The van der Waals surface area contributed by atoms with Crippen molar-refractivity contribution in [3.63, 3.8) is 0 Å². The number of morpholine rings is 1. The van der Waals surface area contributed by atoms with Gasteiger partial charge in [0.1, 0.15) is 17.3 Å². The number of aromatic nitrogens is 1. The topological polar surface area (TPSA) is 96.0 Å². The zero-order valence-corrected chi connectivity index (χ0v) is 21.3. The molecule has 2 aromatic carbocycles. The van der Waals surface area contributed by atoms with Gasteiger partial charge in [0.15, 0.2) is 0 Å². The van der Waals surface area contributed by atoms with Crippen molar-refractivity contribution in [2.24, 2.45) is 0 Å². The van der Waals surface area contributed by atoms with Gasteiger partial charge in [-0.3, -0.25) is 14.6 Å². The lowest BCUT2D eigenvalue weighted by molar-refractivity contribution is -0.137. The van der Waals surface area contributed by atoms with Gasteiger partial charge in [-0.2, -0.15) is 13.2 Å². The van der Waals surface area contributed by atoms with Crippen molar-refractivity contribution in [2.75, 3.05) is 54.9 Å². The van der Waals surface area contributed by atoms with Gasteiger partial charge in [0.25, 0.3) is 0 Å². The van der Waals surface area contributed by atoms with E-state index in [1.54, 1.807) is 36.4 Å². The van der Waals surface area contributed by atoms with E-state index in [2.05, 4.69) is 20.5 Å². The van der Waals surface area contributed by atoms with Crippen LogP contribution < -0.4 is 20.3 Å². The third-order valence-electron chi connectivity index (χ3n) is 5.78. The summed E-state index contributed by atoms with van der Waals surface area (Å²) in [5.74, 6) is 1.36. The number of halogens is 4. The monoisotopic (exact) mass is 563 g/mol. The zero-order chi connectivity index (χ0) is 27.8. The van der Waals surface area contributed by atoms with Crippen LogP contribution in [0.2, 0.25) is 5.02 Å². The molecule has 3 aromatic rings. The number of amides is 3. The first kappa shape index (κ1) is 28.1. The largest absolute Gasteiger partial charge is 0.457 e. The van der Waals surface area contributed by atoms with Crippen molar-refractivity contribution in [3.05, 3.63) is 71.4 Å². The molecule has 13 heteroatoms. The van der Waals surface area contributed by atoms with Crippen LogP contribution in [-0.4, -0.2) is 61.7 Å². The fourth-order valence-corrected chi connectivity index (χ4v) is 4.00. The zero-order valence-electron chi connectivity index (χ0n) is 20.6. The average molecular weight is 564 g/mol. The summed E-state index contributed by atoms with van der Waals surface area (Å²) < 4.78 is 50.3. The second-order valence-corrected chi connectivity index (χ2v) is 8.91. The molecule has 9 nitrogen and oxygen atoms in total. The molecular weight excluding hydrogens is 539 g/mol. The van der Waals surface area contributed by atoms with Crippen molar-refractivity contribution in [1.82, 2.24) is 9.88 Å². The molecule has 0 atom stereocenters. The smallest absolute Gasteiger partial charge is 0.417 e. The minimum absolute atomic E-state index is 0.0630. The molecule has 2 N–H and O–H groups in total. The first-order valence-corrected chi connectivity index (χ1v) is 12.3. The van der Waals surface area contributed by atoms with Crippen molar-refractivity contribution in [3.8, 4) is 11.5 Å². The van der Waals surface area contributed by atoms with E-state index in [0.717, 1.165) is 31.6 Å². The van der Waals surface area contributed by atoms with E-state index in [9.17, 15) is 22.8 Å². The number of rotatable bonds is 9. The Morgan fingerprint density at radius 3 is 2.44 bits per heavy atom. The molecule has 1 aliphatic rings. The standard InChI is InChI=1S/C26H25ClF3N5O4/c27-23-6-3-19(15-22(23)26(28,29)30)33-25(37)32-18-1-4-20(5-2-18)39-21-7-8-31-24(16-21)35(17-36)10-9-34-11-13-38-14-12-34/h1-8,15-17H,9-14H2,(H2,32,33,37). The van der Waals surface area contributed by atoms with Crippen molar-refractivity contribution in [1.29, 1.82) is 0 Å². The highest BCUT2D eigenvalue weighted by Gasteiger charge is 2.33. The van der Waals surface area contributed by atoms with Crippen LogP contribution in [0.15, 0.2) is 60.8 Å². The molecule has 206 valence electrons. The highest BCUT2D eigenvalue weighted by molar-refractivity contribution is 6.31. The molecule has 0 aliphatic carbocycles. The summed E-state index contributed by atoms with van der Waals surface area (Å²) in [6.07, 6.45) is -2.38. The van der Waals surface area contributed by atoms with Crippen LogP contribution in [-0.2, 0) is 15.7 Å². The van der Waals surface area contributed by atoms with Crippen LogP contribution in [0.3, 0.4) is 0 Å². The molecule has 0 bridgehead atoms. The minimum Gasteiger partial charge on any atom is -0.457 e. The Bertz CT molecular complexity index is 1290. The Kier molecular flexibility index (Phi) is 9.23. The molecule has 39 heavy (non-hydrogen) atoms. The lowest BCUT2D eigenvalue weighted by Crippen LogP contribution is -2.41. The molecule has 1 aromatic heterocycles. The van der Waals surface area contributed by atoms with E-state index in [-0.39, 0.29) is 5.69 Å². The Balaban J connectivity index is 1.33. The fraction of sp³-hybridized carbons (Fsp3) is 0.269. The van der Waals surface area contributed by atoms with E-state index in [4.69, 9.17) is 21.1 Å². The number of urea groups is 1. The maximum absolute atomic E-state index is 13.0. The number of benzene rings is 2. The second kappa shape index (κ2) is 12.8. The molecule has 0 spiro atoms. The van der Waals surface area contributed by atoms with Gasteiger partial charge < -0.3 is 20.1 Å². The number of ether oxygens (including phenoxy) is 2. The van der Waals surface area contributed by atoms with Crippen LogP contribution in [0.1, 0.15) is 5.56 Å². The van der Waals surface area contributed by atoms with Crippen LogP contribution in [0, 0.1) is 0 Å². The lowest BCUT2D eigenvalue weighted by Gasteiger charge is -2.28. The molecule has 1 saturated heterocycles.